The molecule has 1 rings (SSSR count). The molecule has 1 aromatic heterocycles. The molecule has 0 fully saturated rings. The molecular weight excluding hydrogens is 803 g/mol. The van der Waals surface area contributed by atoms with Crippen molar-refractivity contribution in [1.82, 2.24) is 10.2 Å². The number of ether oxygens (including phenoxy) is 2. The molecule has 0 bridgehead atoms. The Morgan fingerprint density at radius 2 is 0.984 bits per heavy atom. The molecule has 0 amide bonds. The van der Waals surface area contributed by atoms with Crippen LogP contribution >= 0.6 is 0 Å². The summed E-state index contributed by atoms with van der Waals surface area (Å²) in [7, 11) is 0. The number of rotatable bonds is 26. The van der Waals surface area contributed by atoms with Crippen LogP contribution < -0.4 is 0 Å². The Kier molecular flexibility index (Phi) is 21.2. The first-order chi connectivity index (χ1) is 29.1. The summed E-state index contributed by atoms with van der Waals surface area (Å²) >= 11 is 0. The highest BCUT2D eigenvalue weighted by molar-refractivity contribution is 5.72. The molecule has 0 aliphatic carbocycles. The van der Waals surface area contributed by atoms with E-state index >= 15 is 26.3 Å². The van der Waals surface area contributed by atoms with E-state index in [2.05, 4.69) is 83.6 Å². The van der Waals surface area contributed by atoms with E-state index in [-0.39, 0.29) is 34.5 Å². The number of allylic oxidation sites excluding steroid dienone is 23. The van der Waals surface area contributed by atoms with Gasteiger partial charge in [-0.05, 0) is 110 Å². The van der Waals surface area contributed by atoms with E-state index in [4.69, 9.17) is 13.9 Å². The molecule has 1 unspecified atom stereocenters. The average molecular weight is 863 g/mol. The van der Waals surface area contributed by atoms with Gasteiger partial charge in [0.15, 0.2) is 0 Å². The monoisotopic (exact) mass is 862 g/mol. The van der Waals surface area contributed by atoms with Crippen molar-refractivity contribution < 1.29 is 40.2 Å². The van der Waals surface area contributed by atoms with Crippen molar-refractivity contribution >= 4 is 11.1 Å². The van der Waals surface area contributed by atoms with Crippen LogP contribution in [0, 0.1) is 10.8 Å². The van der Waals surface area contributed by atoms with E-state index in [0.29, 0.717) is 54.7 Å². The Labute approximate surface area is 364 Å². The Bertz CT molecular complexity index is 2070. The minimum absolute atomic E-state index is 0.0209. The van der Waals surface area contributed by atoms with Gasteiger partial charge in [-0.15, -0.1) is 10.2 Å². The Morgan fingerprint density at radius 3 is 1.35 bits per heavy atom. The molecule has 0 N–H and O–H groups in total. The molecule has 62 heavy (non-hydrogen) atoms. The van der Waals surface area contributed by atoms with Crippen LogP contribution in [0.2, 0.25) is 0 Å². The van der Waals surface area contributed by atoms with Crippen LogP contribution in [0.4, 0.5) is 26.3 Å². The normalized spacial score (nSPS) is 15.7. The third-order valence-corrected chi connectivity index (χ3v) is 10.2. The second-order valence-electron chi connectivity index (χ2n) is 14.5. The van der Waals surface area contributed by atoms with Crippen molar-refractivity contribution in [3.05, 3.63) is 208 Å². The Balaban J connectivity index is 3.84. The molecule has 334 valence electrons. The van der Waals surface area contributed by atoms with E-state index in [1.807, 2.05) is 32.1 Å². The summed E-state index contributed by atoms with van der Waals surface area (Å²) in [4.78, 5) is 0. The second kappa shape index (κ2) is 24.4. The molecule has 11 heteroatoms. The average Bonchev–Trinajstić information content (AvgIpc) is 3.72. The van der Waals surface area contributed by atoms with E-state index in [1.54, 1.807) is 25.2 Å². The molecule has 0 saturated heterocycles. The van der Waals surface area contributed by atoms with Crippen molar-refractivity contribution in [2.45, 2.75) is 85.2 Å². The fourth-order valence-electron chi connectivity index (χ4n) is 5.76. The number of alkyl halides is 6. The molecular formula is C51H60F6N2O3. The molecule has 1 heterocycles. The lowest BCUT2D eigenvalue weighted by atomic mass is 9.71. The largest absolute Gasteiger partial charge is 0.488 e. The summed E-state index contributed by atoms with van der Waals surface area (Å²) in [5, 5.41) is 8.24. The molecule has 1 aromatic rings. The third kappa shape index (κ3) is 14.0. The van der Waals surface area contributed by atoms with E-state index < -0.39 is 34.5 Å². The highest BCUT2D eigenvalue weighted by atomic mass is 19.4. The lowest BCUT2D eigenvalue weighted by molar-refractivity contribution is -0.308. The molecule has 0 aliphatic heterocycles. The van der Waals surface area contributed by atoms with E-state index in [9.17, 15) is 0 Å². The van der Waals surface area contributed by atoms with E-state index in [1.165, 1.54) is 30.4 Å². The summed E-state index contributed by atoms with van der Waals surface area (Å²) in [6.07, 6.45) is 13.6. The van der Waals surface area contributed by atoms with Gasteiger partial charge in [-0.2, -0.15) is 26.3 Å². The summed E-state index contributed by atoms with van der Waals surface area (Å²) < 4.78 is 109. The topological polar surface area (TPSA) is 57.4 Å². The zero-order valence-corrected chi connectivity index (χ0v) is 36.8. The van der Waals surface area contributed by atoms with Gasteiger partial charge in [-0.1, -0.05) is 141 Å². The number of hydrogen-bond donors (Lipinski definition) is 0. The molecule has 0 radical (unpaired) electrons. The van der Waals surface area contributed by atoms with Crippen LogP contribution in [0.5, 0.6) is 0 Å². The summed E-state index contributed by atoms with van der Waals surface area (Å²) in [6.45, 7) is 41.0. The highest BCUT2D eigenvalue weighted by Crippen LogP contribution is 2.60. The Hall–Kier alpha value is -6.10. The number of hydrogen-bond acceptors (Lipinski definition) is 5. The Morgan fingerprint density at radius 1 is 0.565 bits per heavy atom. The maximum absolute atomic E-state index is 15.2. The standard InChI is InChI=1S/C51H60F6N2O3/c1-15-26-27-36-48(14,25-11)62-44(23-9)35-32-41(20-6)49(50(52,53)54,51(55,56)57)40(19-5)31-34-43(22-8)60-42(21-7)33-29-38(17-3)46-59-58-45(61-46)37(16-2)28-30-39(18-4)47(12,13)24-10/h15-23,26,28-35H,2-9,24-25,27,36H2,1,10-14H3/b26-15+,37-28+,38-29+,39-30+,40-31+,41-32+,42-33+,43-34+,44-35+. The number of halogens is 6. The lowest BCUT2D eigenvalue weighted by Gasteiger charge is -2.39. The zero-order chi connectivity index (χ0) is 47.4. The highest BCUT2D eigenvalue weighted by Gasteiger charge is 2.73. The van der Waals surface area contributed by atoms with Crippen LogP contribution in [-0.4, -0.2) is 28.2 Å². The molecule has 0 aromatic carbocycles. The lowest BCUT2D eigenvalue weighted by Crippen LogP contribution is -2.52. The molecule has 0 spiro atoms. The fraction of sp³-hybridized carbons (Fsp3) is 0.294. The van der Waals surface area contributed by atoms with Crippen molar-refractivity contribution in [3.8, 4) is 0 Å². The predicted octanol–water partition coefficient (Wildman–Crippen LogP) is 15.9. The van der Waals surface area contributed by atoms with Crippen LogP contribution in [0.1, 0.15) is 79.0 Å². The van der Waals surface area contributed by atoms with Gasteiger partial charge in [0.2, 0.25) is 17.2 Å². The molecule has 0 aliphatic rings. The van der Waals surface area contributed by atoms with Gasteiger partial charge in [0.1, 0.15) is 22.9 Å². The predicted molar refractivity (Wildman–Crippen MR) is 244 cm³/mol. The van der Waals surface area contributed by atoms with Crippen LogP contribution in [0.3, 0.4) is 0 Å². The molecule has 0 saturated carbocycles. The minimum atomic E-state index is -5.94. The SMILES string of the molecule is C=C/C(=C\C=C(/C=C)c1nnc(/C(C=C)=C/C=C(\C=C)C(C)(C)CC)o1)O/C(C=C)=C/C=C(\C=C)C(/C(C=C)=C/C=C(\C=C)OC(C)(CC)CC/C=C/C)(C(F)(F)F)C(F)(F)F. The first-order valence-corrected chi connectivity index (χ1v) is 19.8. The van der Waals surface area contributed by atoms with Gasteiger partial charge in [0, 0.05) is 11.1 Å². The van der Waals surface area contributed by atoms with Crippen molar-refractivity contribution in [3.63, 3.8) is 0 Å². The first-order valence-electron chi connectivity index (χ1n) is 19.8. The van der Waals surface area contributed by atoms with Gasteiger partial charge in [0.25, 0.3) is 0 Å². The number of nitrogens with zero attached hydrogens (tertiary/aromatic N) is 2. The van der Waals surface area contributed by atoms with Gasteiger partial charge in [0.05, 0.1) is 0 Å². The second-order valence-corrected chi connectivity index (χ2v) is 14.5. The van der Waals surface area contributed by atoms with E-state index in [0.717, 1.165) is 30.2 Å². The van der Waals surface area contributed by atoms with Gasteiger partial charge in [-0.3, -0.25) is 0 Å². The molecule has 5 nitrogen and oxygen atoms in total. The smallest absolute Gasteiger partial charge is 0.411 e. The van der Waals surface area contributed by atoms with Crippen LogP contribution in [0.15, 0.2) is 200 Å². The summed E-state index contributed by atoms with van der Waals surface area (Å²) in [5.41, 5.74) is -6.11. The zero-order valence-electron chi connectivity index (χ0n) is 36.8. The van der Waals surface area contributed by atoms with Gasteiger partial charge in [-0.25, -0.2) is 0 Å². The first kappa shape index (κ1) is 53.9. The summed E-state index contributed by atoms with van der Waals surface area (Å²) in [5.74, 6) is 0.00812. The van der Waals surface area contributed by atoms with Crippen LogP contribution in [0.25, 0.3) is 11.1 Å². The van der Waals surface area contributed by atoms with Gasteiger partial charge < -0.3 is 13.9 Å². The quantitative estimate of drug-likeness (QED) is 0.0402. The maximum atomic E-state index is 15.2. The van der Waals surface area contributed by atoms with Crippen LogP contribution in [-0.2, 0) is 9.47 Å². The maximum Gasteiger partial charge on any atom is 0.411 e. The van der Waals surface area contributed by atoms with Crippen molar-refractivity contribution in [2.24, 2.45) is 10.8 Å². The number of aromatic nitrogens is 2. The van der Waals surface area contributed by atoms with Crippen molar-refractivity contribution in [1.29, 1.82) is 0 Å². The van der Waals surface area contributed by atoms with Crippen molar-refractivity contribution in [2.75, 3.05) is 0 Å². The summed E-state index contributed by atoms with van der Waals surface area (Å²) in [6, 6.07) is 0. The fourth-order valence-corrected chi connectivity index (χ4v) is 5.76. The van der Waals surface area contributed by atoms with Gasteiger partial charge >= 0.3 is 12.4 Å². The third-order valence-electron chi connectivity index (χ3n) is 10.2. The minimum Gasteiger partial charge on any atom is -0.488 e. The molecule has 1 atom stereocenters.